The van der Waals surface area contributed by atoms with Gasteiger partial charge in [0.1, 0.15) is 28.5 Å². The van der Waals surface area contributed by atoms with Crippen molar-refractivity contribution >= 4 is 28.0 Å². The van der Waals surface area contributed by atoms with Gasteiger partial charge in [0, 0.05) is 18.6 Å². The molecule has 5 aromatic rings. The number of benzene rings is 2. The van der Waals surface area contributed by atoms with Gasteiger partial charge in [0.25, 0.3) is 5.91 Å². The van der Waals surface area contributed by atoms with E-state index in [-0.39, 0.29) is 16.8 Å². The number of carbonyl (C=O) groups is 1. The predicted molar refractivity (Wildman–Crippen MR) is 123 cm³/mol. The zero-order chi connectivity index (χ0) is 25.6. The van der Waals surface area contributed by atoms with Gasteiger partial charge < -0.3 is 15.0 Å². The van der Waals surface area contributed by atoms with Crippen LogP contribution in [0.1, 0.15) is 28.9 Å². The van der Waals surface area contributed by atoms with Crippen molar-refractivity contribution in [3.63, 3.8) is 0 Å². The standard InChI is InChI=1S/C24H18F4N6O2/c1-12(13-4-3-5-15(8-13)36-24(26,27)28)31-23(35)17-10-29-22-21(17)32-18(11-30-22)20-16-7-6-14(25)9-19(16)34(2)33-20/h3-12H,1-2H3,(H,29,30)(H,31,35)/t12-/m1/s1. The third-order valence-corrected chi connectivity index (χ3v) is 5.62. The first-order chi connectivity index (χ1) is 17.1. The topological polar surface area (TPSA) is 97.7 Å². The highest BCUT2D eigenvalue weighted by Gasteiger charge is 2.31. The van der Waals surface area contributed by atoms with Crippen molar-refractivity contribution in [3.8, 4) is 17.1 Å². The smallest absolute Gasteiger partial charge is 0.406 e. The summed E-state index contributed by atoms with van der Waals surface area (Å²) in [6.07, 6.45) is -1.87. The zero-order valence-corrected chi connectivity index (χ0v) is 18.9. The van der Waals surface area contributed by atoms with Crippen LogP contribution < -0.4 is 10.1 Å². The normalized spacial score (nSPS) is 12.7. The molecule has 12 heteroatoms. The van der Waals surface area contributed by atoms with E-state index in [0.29, 0.717) is 33.5 Å². The summed E-state index contributed by atoms with van der Waals surface area (Å²) in [6.45, 7) is 1.63. The Bertz CT molecular complexity index is 1610. The SMILES string of the molecule is C[C@@H](NC(=O)c1c[nH]c2ncc(-c3nn(C)c4cc(F)ccc34)nc12)c1cccc(OC(F)(F)F)c1. The summed E-state index contributed by atoms with van der Waals surface area (Å²) in [5.41, 5.74) is 2.70. The minimum absolute atomic E-state index is 0.195. The number of aryl methyl sites for hydroxylation is 1. The maximum Gasteiger partial charge on any atom is 0.573 e. The fraction of sp³-hybridized carbons (Fsp3) is 0.167. The number of carbonyl (C=O) groups excluding carboxylic acids is 1. The molecule has 2 aromatic carbocycles. The van der Waals surface area contributed by atoms with Crippen LogP contribution in [-0.2, 0) is 7.05 Å². The molecule has 0 spiro atoms. The average Bonchev–Trinajstić information content (AvgIpc) is 3.38. The molecular formula is C24H18F4N6O2. The lowest BCUT2D eigenvalue weighted by Gasteiger charge is -2.16. The highest BCUT2D eigenvalue weighted by molar-refractivity contribution is 6.05. The second-order valence-corrected chi connectivity index (χ2v) is 8.10. The number of rotatable bonds is 5. The maximum atomic E-state index is 13.7. The molecule has 1 amide bonds. The highest BCUT2D eigenvalue weighted by atomic mass is 19.4. The molecule has 0 saturated carbocycles. The van der Waals surface area contributed by atoms with E-state index in [2.05, 4.69) is 30.1 Å². The van der Waals surface area contributed by atoms with Crippen molar-refractivity contribution in [3.05, 3.63) is 71.8 Å². The number of halogens is 4. The Morgan fingerprint density at radius 2 is 2.00 bits per heavy atom. The number of alkyl halides is 3. The van der Waals surface area contributed by atoms with E-state index in [1.165, 1.54) is 47.4 Å². The molecule has 1 atom stereocenters. The van der Waals surface area contributed by atoms with Crippen LogP contribution >= 0.6 is 0 Å². The summed E-state index contributed by atoms with van der Waals surface area (Å²) >= 11 is 0. The van der Waals surface area contributed by atoms with E-state index in [1.807, 2.05) is 0 Å². The summed E-state index contributed by atoms with van der Waals surface area (Å²) in [4.78, 5) is 24.8. The van der Waals surface area contributed by atoms with E-state index >= 15 is 0 Å². The Morgan fingerprint density at radius 1 is 1.19 bits per heavy atom. The molecule has 0 aliphatic heterocycles. The molecule has 2 N–H and O–H groups in total. The Morgan fingerprint density at radius 3 is 2.78 bits per heavy atom. The molecule has 0 aliphatic rings. The number of hydrogen-bond acceptors (Lipinski definition) is 5. The Balaban J connectivity index is 1.44. The van der Waals surface area contributed by atoms with Crippen molar-refractivity contribution in [1.29, 1.82) is 0 Å². The van der Waals surface area contributed by atoms with Gasteiger partial charge in [-0.1, -0.05) is 12.1 Å². The Kier molecular flexibility index (Phi) is 5.58. The fourth-order valence-corrected chi connectivity index (χ4v) is 3.94. The van der Waals surface area contributed by atoms with Crippen LogP contribution in [0.4, 0.5) is 17.6 Å². The summed E-state index contributed by atoms with van der Waals surface area (Å²) in [5, 5.41) is 7.86. The molecule has 3 heterocycles. The molecule has 0 radical (unpaired) electrons. The molecule has 0 bridgehead atoms. The molecule has 0 unspecified atom stereocenters. The molecule has 3 aromatic heterocycles. The van der Waals surface area contributed by atoms with Gasteiger partial charge in [-0.25, -0.2) is 14.4 Å². The lowest BCUT2D eigenvalue weighted by atomic mass is 10.1. The van der Waals surface area contributed by atoms with Crippen LogP contribution in [0.25, 0.3) is 33.5 Å². The number of fused-ring (bicyclic) bond motifs is 2. The van der Waals surface area contributed by atoms with E-state index in [1.54, 1.807) is 26.1 Å². The number of nitrogens with zero attached hydrogens (tertiary/aromatic N) is 4. The monoisotopic (exact) mass is 498 g/mol. The van der Waals surface area contributed by atoms with Crippen molar-refractivity contribution in [2.24, 2.45) is 7.05 Å². The second-order valence-electron chi connectivity index (χ2n) is 8.10. The minimum atomic E-state index is -4.82. The molecule has 184 valence electrons. The minimum Gasteiger partial charge on any atom is -0.406 e. The van der Waals surface area contributed by atoms with Gasteiger partial charge in [-0.05, 0) is 42.8 Å². The number of ether oxygens (including phenoxy) is 1. The summed E-state index contributed by atoms with van der Waals surface area (Å²) in [7, 11) is 1.68. The van der Waals surface area contributed by atoms with Crippen LogP contribution in [0.2, 0.25) is 0 Å². The van der Waals surface area contributed by atoms with Crippen LogP contribution in [0.3, 0.4) is 0 Å². The Labute approximate surface area is 200 Å². The first-order valence-corrected chi connectivity index (χ1v) is 10.7. The van der Waals surface area contributed by atoms with Crippen molar-refractivity contribution in [1.82, 2.24) is 30.0 Å². The van der Waals surface area contributed by atoms with Gasteiger partial charge in [0.15, 0.2) is 5.65 Å². The quantitative estimate of drug-likeness (QED) is 0.331. The largest absolute Gasteiger partial charge is 0.573 e. The van der Waals surface area contributed by atoms with Gasteiger partial charge in [0.2, 0.25) is 0 Å². The first kappa shape index (κ1) is 23.3. The molecule has 36 heavy (non-hydrogen) atoms. The molecule has 0 saturated heterocycles. The van der Waals surface area contributed by atoms with Gasteiger partial charge in [-0.2, -0.15) is 5.10 Å². The van der Waals surface area contributed by atoms with Crippen LogP contribution in [-0.4, -0.2) is 37.0 Å². The van der Waals surface area contributed by atoms with Crippen molar-refractivity contribution in [2.45, 2.75) is 19.3 Å². The van der Waals surface area contributed by atoms with E-state index < -0.39 is 24.1 Å². The van der Waals surface area contributed by atoms with Crippen molar-refractivity contribution in [2.75, 3.05) is 0 Å². The first-order valence-electron chi connectivity index (χ1n) is 10.7. The summed E-state index contributed by atoms with van der Waals surface area (Å²) in [6, 6.07) is 9.03. The lowest BCUT2D eigenvalue weighted by Crippen LogP contribution is -2.26. The van der Waals surface area contributed by atoms with E-state index in [0.717, 1.165) is 0 Å². The zero-order valence-electron chi connectivity index (χ0n) is 18.9. The lowest BCUT2D eigenvalue weighted by molar-refractivity contribution is -0.274. The maximum absolute atomic E-state index is 13.7. The third kappa shape index (κ3) is 4.44. The van der Waals surface area contributed by atoms with Gasteiger partial charge in [-0.3, -0.25) is 9.48 Å². The van der Waals surface area contributed by atoms with E-state index in [4.69, 9.17) is 0 Å². The number of H-pyrrole nitrogens is 1. The number of aromatic nitrogens is 5. The molecule has 0 aliphatic carbocycles. The second kappa shape index (κ2) is 8.63. The van der Waals surface area contributed by atoms with Gasteiger partial charge in [-0.15, -0.1) is 13.2 Å². The molecule has 5 rings (SSSR count). The number of amides is 1. The van der Waals surface area contributed by atoms with Crippen LogP contribution in [0.5, 0.6) is 5.75 Å². The summed E-state index contributed by atoms with van der Waals surface area (Å²) < 4.78 is 56.8. The van der Waals surface area contributed by atoms with Gasteiger partial charge in [0.05, 0.1) is 23.3 Å². The molecular weight excluding hydrogens is 480 g/mol. The Hall–Kier alpha value is -4.48. The fourth-order valence-electron chi connectivity index (χ4n) is 3.94. The number of hydrogen-bond donors (Lipinski definition) is 2. The van der Waals surface area contributed by atoms with Gasteiger partial charge >= 0.3 is 6.36 Å². The van der Waals surface area contributed by atoms with E-state index in [9.17, 15) is 22.4 Å². The third-order valence-electron chi connectivity index (χ3n) is 5.62. The average molecular weight is 498 g/mol. The van der Waals surface area contributed by atoms with Crippen LogP contribution in [0, 0.1) is 5.82 Å². The van der Waals surface area contributed by atoms with Crippen LogP contribution in [0.15, 0.2) is 54.9 Å². The highest BCUT2D eigenvalue weighted by Crippen LogP contribution is 2.29. The predicted octanol–water partition coefficient (Wildman–Crippen LogP) is 5.04. The molecule has 0 fully saturated rings. The van der Waals surface area contributed by atoms with Crippen molar-refractivity contribution < 1.29 is 27.1 Å². The molecule has 8 nitrogen and oxygen atoms in total. The summed E-state index contributed by atoms with van der Waals surface area (Å²) in [5.74, 6) is -1.28. The number of aromatic amines is 1. The number of nitrogens with one attached hydrogen (secondary N) is 2.